The molecule has 0 radical (unpaired) electrons. The van der Waals surface area contributed by atoms with Gasteiger partial charge in [-0.2, -0.15) is 4.99 Å². The highest BCUT2D eigenvalue weighted by Crippen LogP contribution is 2.35. The third-order valence-corrected chi connectivity index (χ3v) is 6.41. The molecule has 0 spiro atoms. The lowest BCUT2D eigenvalue weighted by atomic mass is 10.2. The van der Waals surface area contributed by atoms with E-state index >= 15 is 0 Å². The van der Waals surface area contributed by atoms with Crippen molar-refractivity contribution in [1.82, 2.24) is 4.57 Å². The van der Waals surface area contributed by atoms with Crippen molar-refractivity contribution < 1.29 is 22.7 Å². The Hall–Kier alpha value is -2.91. The Kier molecular flexibility index (Phi) is 5.90. The summed E-state index contributed by atoms with van der Waals surface area (Å²) in [6.07, 6.45) is 2.79. The quantitative estimate of drug-likeness (QED) is 0.559. The van der Waals surface area contributed by atoms with E-state index < -0.39 is 15.7 Å². The SMILES string of the molecule is C=CCn1c(=NC(=O)c2cccc(S(C)(=O)=O)c2)sc2c(OC)ccc(OC)c21. The summed E-state index contributed by atoms with van der Waals surface area (Å²) in [6, 6.07) is 9.40. The molecule has 29 heavy (non-hydrogen) atoms. The number of nitrogens with zero attached hydrogens (tertiary/aromatic N) is 2. The van der Waals surface area contributed by atoms with Crippen LogP contribution < -0.4 is 14.3 Å². The Morgan fingerprint density at radius 3 is 2.52 bits per heavy atom. The molecule has 152 valence electrons. The maximum Gasteiger partial charge on any atom is 0.279 e. The van der Waals surface area contributed by atoms with E-state index in [1.54, 1.807) is 32.4 Å². The minimum Gasteiger partial charge on any atom is -0.495 e. The summed E-state index contributed by atoms with van der Waals surface area (Å²) in [5.74, 6) is 0.709. The van der Waals surface area contributed by atoms with Gasteiger partial charge >= 0.3 is 0 Å². The molecule has 0 saturated heterocycles. The van der Waals surface area contributed by atoms with Gasteiger partial charge in [0.05, 0.1) is 19.1 Å². The molecule has 0 saturated carbocycles. The smallest absolute Gasteiger partial charge is 0.279 e. The van der Waals surface area contributed by atoms with E-state index in [4.69, 9.17) is 9.47 Å². The van der Waals surface area contributed by atoms with Crippen molar-refractivity contribution in [3.63, 3.8) is 0 Å². The van der Waals surface area contributed by atoms with Gasteiger partial charge in [-0.3, -0.25) is 4.79 Å². The number of benzene rings is 2. The van der Waals surface area contributed by atoms with Crippen LogP contribution in [-0.2, 0) is 16.4 Å². The Balaban J connectivity index is 2.23. The molecule has 0 fully saturated rings. The first kappa shape index (κ1) is 20.8. The van der Waals surface area contributed by atoms with Crippen LogP contribution in [0, 0.1) is 0 Å². The van der Waals surface area contributed by atoms with E-state index in [0.717, 1.165) is 16.5 Å². The Labute approximate surface area is 172 Å². The molecule has 7 nitrogen and oxygen atoms in total. The predicted molar refractivity (Wildman–Crippen MR) is 113 cm³/mol. The summed E-state index contributed by atoms with van der Waals surface area (Å²) in [5, 5.41) is 0. The zero-order valence-electron chi connectivity index (χ0n) is 16.2. The number of aromatic nitrogens is 1. The van der Waals surface area contributed by atoms with Crippen LogP contribution in [0.4, 0.5) is 0 Å². The lowest BCUT2D eigenvalue weighted by Crippen LogP contribution is -2.16. The minimum absolute atomic E-state index is 0.0668. The number of hydrogen-bond acceptors (Lipinski definition) is 6. The molecular weight excluding hydrogens is 412 g/mol. The molecule has 1 amide bonds. The van der Waals surface area contributed by atoms with Crippen molar-refractivity contribution in [2.45, 2.75) is 11.4 Å². The van der Waals surface area contributed by atoms with Crippen LogP contribution >= 0.6 is 11.3 Å². The number of methoxy groups -OCH3 is 2. The molecule has 9 heteroatoms. The van der Waals surface area contributed by atoms with Crippen LogP contribution in [0.5, 0.6) is 11.5 Å². The van der Waals surface area contributed by atoms with Crippen LogP contribution in [0.1, 0.15) is 10.4 Å². The van der Waals surface area contributed by atoms with Crippen LogP contribution in [0.2, 0.25) is 0 Å². The number of amides is 1. The van der Waals surface area contributed by atoms with Gasteiger partial charge in [0.25, 0.3) is 5.91 Å². The highest BCUT2D eigenvalue weighted by molar-refractivity contribution is 7.90. The van der Waals surface area contributed by atoms with Gasteiger partial charge in [0.2, 0.25) is 0 Å². The molecule has 3 aromatic rings. The van der Waals surface area contributed by atoms with E-state index in [0.29, 0.717) is 22.8 Å². The van der Waals surface area contributed by atoms with E-state index in [9.17, 15) is 13.2 Å². The molecule has 1 heterocycles. The van der Waals surface area contributed by atoms with Gasteiger partial charge in [-0.1, -0.05) is 23.5 Å². The molecular formula is C20H20N2O5S2. The third kappa shape index (κ3) is 4.10. The van der Waals surface area contributed by atoms with Crippen LogP contribution in [0.25, 0.3) is 10.2 Å². The zero-order chi connectivity index (χ0) is 21.2. The van der Waals surface area contributed by atoms with Gasteiger partial charge in [-0.15, -0.1) is 6.58 Å². The van der Waals surface area contributed by atoms with E-state index in [1.807, 2.05) is 4.57 Å². The lowest BCUT2D eigenvalue weighted by Gasteiger charge is -2.08. The van der Waals surface area contributed by atoms with Crippen LogP contribution in [0.15, 0.2) is 58.9 Å². The maximum atomic E-state index is 12.8. The van der Waals surface area contributed by atoms with Crippen LogP contribution in [-0.4, -0.2) is 39.4 Å². The average Bonchev–Trinajstić information content (AvgIpc) is 3.05. The van der Waals surface area contributed by atoms with Crippen molar-refractivity contribution in [2.24, 2.45) is 4.99 Å². The van der Waals surface area contributed by atoms with E-state index in [-0.39, 0.29) is 10.5 Å². The topological polar surface area (TPSA) is 87.0 Å². The second kappa shape index (κ2) is 8.22. The standard InChI is InChI=1S/C20H20N2O5S2/c1-5-11-22-17-15(26-2)9-10-16(27-3)18(17)28-20(22)21-19(23)13-7-6-8-14(12-13)29(4,24)25/h5-10,12H,1,11H2,2-4H3. The Bertz CT molecular complexity index is 1270. The fraction of sp³-hybridized carbons (Fsp3) is 0.200. The van der Waals surface area contributed by atoms with E-state index in [1.165, 1.54) is 35.6 Å². The molecule has 0 N–H and O–H groups in total. The summed E-state index contributed by atoms with van der Waals surface area (Å²) in [6.45, 7) is 4.18. The highest BCUT2D eigenvalue weighted by atomic mass is 32.2. The second-order valence-corrected chi connectivity index (χ2v) is 9.14. The average molecular weight is 433 g/mol. The normalized spacial score (nSPS) is 12.2. The monoisotopic (exact) mass is 432 g/mol. The van der Waals surface area contributed by atoms with Gasteiger partial charge in [-0.05, 0) is 30.3 Å². The summed E-state index contributed by atoms with van der Waals surface area (Å²) >= 11 is 1.28. The number of thiazole rings is 1. The van der Waals surface area contributed by atoms with Gasteiger partial charge in [0.15, 0.2) is 14.6 Å². The molecule has 2 aromatic carbocycles. The Morgan fingerprint density at radius 2 is 1.90 bits per heavy atom. The third-order valence-electron chi connectivity index (χ3n) is 4.21. The fourth-order valence-electron chi connectivity index (χ4n) is 2.85. The lowest BCUT2D eigenvalue weighted by molar-refractivity contribution is 0.0997. The van der Waals surface area contributed by atoms with Crippen LogP contribution in [0.3, 0.4) is 0 Å². The van der Waals surface area contributed by atoms with E-state index in [2.05, 4.69) is 11.6 Å². The molecule has 1 aromatic heterocycles. The van der Waals surface area contributed by atoms with Crippen molar-refractivity contribution in [3.8, 4) is 11.5 Å². The molecule has 0 aliphatic rings. The molecule has 0 atom stereocenters. The summed E-state index contributed by atoms with van der Waals surface area (Å²) in [4.78, 5) is 17.5. The van der Waals surface area contributed by atoms with Gasteiger partial charge in [0, 0.05) is 18.4 Å². The number of rotatable bonds is 6. The predicted octanol–water partition coefficient (Wildman–Crippen LogP) is 3.05. The number of sulfone groups is 1. The molecule has 0 unspecified atom stereocenters. The second-order valence-electron chi connectivity index (χ2n) is 6.15. The number of allylic oxidation sites excluding steroid dienone is 1. The first-order chi connectivity index (χ1) is 13.8. The van der Waals surface area contributed by atoms with Gasteiger partial charge in [-0.25, -0.2) is 8.42 Å². The maximum absolute atomic E-state index is 12.8. The first-order valence-corrected chi connectivity index (χ1v) is 11.2. The fourth-order valence-corrected chi connectivity index (χ4v) is 4.66. The minimum atomic E-state index is -3.43. The molecule has 0 aliphatic heterocycles. The summed E-state index contributed by atoms with van der Waals surface area (Å²) < 4.78 is 37.1. The van der Waals surface area contributed by atoms with Crippen molar-refractivity contribution >= 4 is 37.3 Å². The Morgan fingerprint density at radius 1 is 1.21 bits per heavy atom. The number of ether oxygens (including phenoxy) is 2. The largest absolute Gasteiger partial charge is 0.495 e. The van der Waals surface area contributed by atoms with Gasteiger partial charge in [0.1, 0.15) is 21.7 Å². The van der Waals surface area contributed by atoms with Gasteiger partial charge < -0.3 is 14.0 Å². The first-order valence-electron chi connectivity index (χ1n) is 8.54. The summed E-state index contributed by atoms with van der Waals surface area (Å²) in [7, 11) is -0.298. The van der Waals surface area contributed by atoms with Crippen molar-refractivity contribution in [1.29, 1.82) is 0 Å². The highest BCUT2D eigenvalue weighted by Gasteiger charge is 2.17. The molecule has 3 rings (SSSR count). The molecule has 0 bridgehead atoms. The zero-order valence-corrected chi connectivity index (χ0v) is 17.8. The number of fused-ring (bicyclic) bond motifs is 1. The number of hydrogen-bond donors (Lipinski definition) is 0. The molecule has 0 aliphatic carbocycles. The summed E-state index contributed by atoms with van der Waals surface area (Å²) in [5.41, 5.74) is 0.933. The number of carbonyl (C=O) groups excluding carboxylic acids is 1. The van der Waals surface area contributed by atoms with Crippen molar-refractivity contribution in [3.05, 3.63) is 59.4 Å². The van der Waals surface area contributed by atoms with Crippen molar-refractivity contribution in [2.75, 3.05) is 20.5 Å². The number of carbonyl (C=O) groups is 1.